The Morgan fingerprint density at radius 3 is 2.54 bits per heavy atom. The molecule has 2 heterocycles. The van der Waals surface area contributed by atoms with E-state index in [-0.39, 0.29) is 28.1 Å². The van der Waals surface area contributed by atoms with E-state index in [1.807, 2.05) is 0 Å². The van der Waals surface area contributed by atoms with Crippen molar-refractivity contribution in [3.8, 4) is 0 Å². The monoisotopic (exact) mass is 412 g/mol. The number of thioether (sulfide) groups is 1. The molecule has 3 amide bonds. The Morgan fingerprint density at radius 2 is 1.86 bits per heavy atom. The highest BCUT2D eigenvalue weighted by atomic mass is 35.5. The topological polar surface area (TPSA) is 105 Å². The molecule has 0 spiro atoms. The highest BCUT2D eigenvalue weighted by Gasteiger charge is 2.39. The van der Waals surface area contributed by atoms with Gasteiger partial charge >= 0.3 is 0 Å². The number of anilines is 2. The van der Waals surface area contributed by atoms with Crippen LogP contribution in [0.5, 0.6) is 0 Å². The number of halogens is 1. The van der Waals surface area contributed by atoms with Crippen LogP contribution in [0.3, 0.4) is 0 Å². The molecule has 0 saturated carbocycles. The lowest BCUT2D eigenvalue weighted by atomic mass is 10.1. The van der Waals surface area contributed by atoms with Crippen molar-refractivity contribution in [1.29, 1.82) is 0 Å². The molecule has 2 aliphatic heterocycles. The molecular weight excluding hydrogens is 400 g/mol. The minimum absolute atomic E-state index is 0.0942. The number of para-hydroxylation sites is 1. The number of carbonyl (C=O) groups excluding carboxylic acids is 3. The molecule has 2 aromatic rings. The summed E-state index contributed by atoms with van der Waals surface area (Å²) in [5, 5.41) is 3.37. The number of rotatable bonds is 3. The summed E-state index contributed by atoms with van der Waals surface area (Å²) in [7, 11) is 0. The molecule has 140 valence electrons. The molecule has 0 unspecified atom stereocenters. The smallest absolute Gasteiger partial charge is 0.287 e. The molecule has 0 bridgehead atoms. The Kier molecular flexibility index (Phi) is 4.66. The van der Waals surface area contributed by atoms with Crippen molar-refractivity contribution < 1.29 is 14.4 Å². The quantitative estimate of drug-likeness (QED) is 0.754. The number of aliphatic imine (C=N–C) groups is 1. The van der Waals surface area contributed by atoms with Gasteiger partial charge in [0.15, 0.2) is 5.17 Å². The van der Waals surface area contributed by atoms with Crippen LogP contribution in [0.25, 0.3) is 5.57 Å². The van der Waals surface area contributed by atoms with Gasteiger partial charge in [0.1, 0.15) is 6.54 Å². The Morgan fingerprint density at radius 1 is 1.14 bits per heavy atom. The molecule has 0 aliphatic carbocycles. The van der Waals surface area contributed by atoms with Gasteiger partial charge in [-0.05, 0) is 42.1 Å². The number of amidine groups is 1. The maximum absolute atomic E-state index is 13.0. The molecule has 3 N–H and O–H groups in total. The van der Waals surface area contributed by atoms with Crippen LogP contribution in [-0.4, -0.2) is 29.4 Å². The first-order valence-corrected chi connectivity index (χ1v) is 9.41. The molecule has 2 aromatic carbocycles. The minimum Gasteiger partial charge on any atom is -0.378 e. The normalized spacial score (nSPS) is 18.3. The number of benzene rings is 2. The van der Waals surface area contributed by atoms with Gasteiger partial charge in [-0.3, -0.25) is 19.3 Å². The molecule has 0 fully saturated rings. The van der Waals surface area contributed by atoms with Crippen LogP contribution in [0.2, 0.25) is 5.02 Å². The van der Waals surface area contributed by atoms with Crippen molar-refractivity contribution in [2.24, 2.45) is 10.7 Å². The molecule has 7 nitrogen and oxygen atoms in total. The lowest BCUT2D eigenvalue weighted by Gasteiger charge is -2.16. The van der Waals surface area contributed by atoms with Crippen LogP contribution in [0.15, 0.2) is 58.4 Å². The van der Waals surface area contributed by atoms with E-state index in [4.69, 9.17) is 17.3 Å². The third kappa shape index (κ3) is 3.28. The number of nitrogens with zero attached hydrogens (tertiary/aromatic N) is 2. The summed E-state index contributed by atoms with van der Waals surface area (Å²) in [6.45, 7) is -0.204. The highest BCUT2D eigenvalue weighted by molar-refractivity contribution is 8.18. The largest absolute Gasteiger partial charge is 0.378 e. The molecular formula is C19H13ClN4O3S. The SMILES string of the molecule is NC1=NC(=O)/C(=C2\C(=O)N(CC(=O)Nc3ccc(Cl)cc3)c3ccccc32)S1. The molecule has 0 radical (unpaired) electrons. The van der Waals surface area contributed by atoms with E-state index < -0.39 is 11.8 Å². The van der Waals surface area contributed by atoms with Crippen LogP contribution in [0, 0.1) is 0 Å². The molecule has 0 atom stereocenters. The number of amides is 3. The maximum atomic E-state index is 13.0. The van der Waals surface area contributed by atoms with Crippen molar-refractivity contribution in [2.45, 2.75) is 0 Å². The maximum Gasteiger partial charge on any atom is 0.287 e. The first-order valence-electron chi connectivity index (χ1n) is 8.21. The van der Waals surface area contributed by atoms with Gasteiger partial charge in [-0.1, -0.05) is 29.8 Å². The van der Waals surface area contributed by atoms with Gasteiger partial charge in [0.05, 0.1) is 16.2 Å². The zero-order chi connectivity index (χ0) is 19.8. The number of hydrogen-bond donors (Lipinski definition) is 2. The van der Waals surface area contributed by atoms with Gasteiger partial charge in [0.25, 0.3) is 11.8 Å². The first kappa shape index (κ1) is 18.3. The van der Waals surface area contributed by atoms with E-state index in [0.717, 1.165) is 11.8 Å². The number of nitrogens with one attached hydrogen (secondary N) is 1. The molecule has 0 aromatic heterocycles. The zero-order valence-corrected chi connectivity index (χ0v) is 15.9. The number of carbonyl (C=O) groups is 3. The van der Waals surface area contributed by atoms with Crippen LogP contribution < -0.4 is 16.0 Å². The Balaban J connectivity index is 1.63. The predicted molar refractivity (Wildman–Crippen MR) is 110 cm³/mol. The van der Waals surface area contributed by atoms with Gasteiger partial charge in [-0.15, -0.1) is 0 Å². The van der Waals surface area contributed by atoms with Crippen molar-refractivity contribution in [3.63, 3.8) is 0 Å². The van der Waals surface area contributed by atoms with E-state index in [1.54, 1.807) is 48.5 Å². The van der Waals surface area contributed by atoms with E-state index in [9.17, 15) is 14.4 Å². The van der Waals surface area contributed by atoms with Crippen molar-refractivity contribution >= 4 is 63.2 Å². The van der Waals surface area contributed by atoms with E-state index in [2.05, 4.69) is 10.3 Å². The Labute approximate surface area is 169 Å². The van der Waals surface area contributed by atoms with Crippen molar-refractivity contribution in [1.82, 2.24) is 0 Å². The summed E-state index contributed by atoms with van der Waals surface area (Å²) in [6, 6.07) is 13.6. The van der Waals surface area contributed by atoms with E-state index >= 15 is 0 Å². The zero-order valence-electron chi connectivity index (χ0n) is 14.3. The van der Waals surface area contributed by atoms with Gasteiger partial charge in [0, 0.05) is 16.3 Å². The van der Waals surface area contributed by atoms with Gasteiger partial charge in [-0.2, -0.15) is 4.99 Å². The highest BCUT2D eigenvalue weighted by Crippen LogP contribution is 2.42. The second-order valence-corrected chi connectivity index (χ2v) is 7.49. The summed E-state index contributed by atoms with van der Waals surface area (Å²) in [4.78, 5) is 42.8. The van der Waals surface area contributed by atoms with Crippen LogP contribution in [0.1, 0.15) is 5.56 Å². The van der Waals surface area contributed by atoms with Crippen molar-refractivity contribution in [2.75, 3.05) is 16.8 Å². The molecule has 2 aliphatic rings. The number of fused-ring (bicyclic) bond motifs is 1. The number of hydrogen-bond acceptors (Lipinski definition) is 5. The standard InChI is InChI=1S/C19H13ClN4O3S/c20-10-5-7-11(8-6-10)22-14(25)9-24-13-4-2-1-3-12(13)15(18(24)27)16-17(26)23-19(21)28-16/h1-8H,9H2,(H,22,25)(H2,21,23,26)/b16-15+. The van der Waals surface area contributed by atoms with Gasteiger partial charge in [-0.25, -0.2) is 0 Å². The fourth-order valence-corrected chi connectivity index (χ4v) is 3.91. The average molecular weight is 413 g/mol. The Hall–Kier alpha value is -3.10. The molecule has 0 saturated heterocycles. The second-order valence-electron chi connectivity index (χ2n) is 6.02. The lowest BCUT2D eigenvalue weighted by Crippen LogP contribution is -2.35. The summed E-state index contributed by atoms with van der Waals surface area (Å²) in [5.74, 6) is -1.36. The summed E-state index contributed by atoms with van der Waals surface area (Å²) >= 11 is 6.80. The third-order valence-corrected chi connectivity index (χ3v) is 5.33. The summed E-state index contributed by atoms with van der Waals surface area (Å²) in [6.07, 6.45) is 0. The predicted octanol–water partition coefficient (Wildman–Crippen LogP) is 2.62. The van der Waals surface area contributed by atoms with E-state index in [0.29, 0.717) is 22.0 Å². The molecule has 28 heavy (non-hydrogen) atoms. The fourth-order valence-electron chi connectivity index (χ4n) is 3.01. The van der Waals surface area contributed by atoms with Crippen LogP contribution in [-0.2, 0) is 14.4 Å². The average Bonchev–Trinajstić information content (AvgIpc) is 3.13. The van der Waals surface area contributed by atoms with E-state index in [1.165, 1.54) is 4.90 Å². The number of nitrogens with two attached hydrogens (primary N) is 1. The second kappa shape index (κ2) is 7.14. The fraction of sp³-hybridized carbons (Fsp3) is 0.0526. The summed E-state index contributed by atoms with van der Waals surface area (Å²) in [5.41, 5.74) is 7.53. The molecule has 4 rings (SSSR count). The lowest BCUT2D eigenvalue weighted by molar-refractivity contribution is -0.118. The minimum atomic E-state index is -0.548. The molecule has 9 heteroatoms. The Bertz CT molecular complexity index is 1080. The van der Waals surface area contributed by atoms with Crippen LogP contribution >= 0.6 is 23.4 Å². The summed E-state index contributed by atoms with van der Waals surface area (Å²) < 4.78 is 0. The first-order chi connectivity index (χ1) is 13.4. The van der Waals surface area contributed by atoms with Gasteiger partial charge in [0.2, 0.25) is 5.91 Å². The third-order valence-electron chi connectivity index (χ3n) is 4.19. The van der Waals surface area contributed by atoms with Gasteiger partial charge < -0.3 is 11.1 Å². The van der Waals surface area contributed by atoms with Crippen molar-refractivity contribution in [3.05, 3.63) is 64.0 Å². The van der Waals surface area contributed by atoms with Crippen LogP contribution in [0.4, 0.5) is 11.4 Å².